The summed E-state index contributed by atoms with van der Waals surface area (Å²) in [5, 5.41) is 0. The first kappa shape index (κ1) is 21.3. The summed E-state index contributed by atoms with van der Waals surface area (Å²) in [5.74, 6) is 9.22. The molecule has 0 bridgehead atoms. The Morgan fingerprint density at radius 3 is 1.71 bits per heavy atom. The van der Waals surface area contributed by atoms with Gasteiger partial charge in [0.25, 0.3) is 0 Å². The van der Waals surface area contributed by atoms with Crippen LogP contribution in [0.5, 0.6) is 5.75 Å². The fourth-order valence-corrected chi connectivity index (χ4v) is 4.54. The first-order chi connectivity index (χ1) is 15.2. The standard InChI is InChI=1S/C30H32O/c1-3-23-7-13-26(14-8-23)27-15-9-24(10-16-27)5-6-25-11-17-28(18-12-25)29-19-21-30(22-20-29)31-4-2/h9-12,15-23,26H,3-4,7-8,13-14H2,1-2H3. The zero-order valence-corrected chi connectivity index (χ0v) is 18.7. The van der Waals surface area contributed by atoms with Crippen molar-refractivity contribution in [1.82, 2.24) is 0 Å². The molecule has 0 saturated heterocycles. The highest BCUT2D eigenvalue weighted by Gasteiger charge is 2.20. The first-order valence-corrected chi connectivity index (χ1v) is 11.7. The molecule has 1 nitrogen and oxygen atoms in total. The lowest BCUT2D eigenvalue weighted by Crippen LogP contribution is -2.12. The number of rotatable bonds is 5. The molecule has 1 aliphatic carbocycles. The molecule has 31 heavy (non-hydrogen) atoms. The molecular formula is C30H32O. The van der Waals surface area contributed by atoms with Gasteiger partial charge in [0, 0.05) is 11.1 Å². The van der Waals surface area contributed by atoms with E-state index in [0.29, 0.717) is 6.61 Å². The van der Waals surface area contributed by atoms with Crippen LogP contribution in [0.2, 0.25) is 0 Å². The van der Waals surface area contributed by atoms with Crippen molar-refractivity contribution in [3.05, 3.63) is 89.5 Å². The topological polar surface area (TPSA) is 9.23 Å². The van der Waals surface area contributed by atoms with Crippen molar-refractivity contribution < 1.29 is 4.74 Å². The number of ether oxygens (including phenoxy) is 1. The van der Waals surface area contributed by atoms with Crippen LogP contribution >= 0.6 is 0 Å². The van der Waals surface area contributed by atoms with Crippen LogP contribution in [0.15, 0.2) is 72.8 Å². The van der Waals surface area contributed by atoms with Crippen LogP contribution in [0.3, 0.4) is 0 Å². The molecule has 158 valence electrons. The lowest BCUT2D eigenvalue weighted by Gasteiger charge is -2.28. The van der Waals surface area contributed by atoms with Gasteiger partial charge in [-0.05, 0) is 97.5 Å². The summed E-state index contributed by atoms with van der Waals surface area (Å²) in [7, 11) is 0. The second kappa shape index (κ2) is 10.4. The van der Waals surface area contributed by atoms with Crippen molar-refractivity contribution in [3.8, 4) is 28.7 Å². The van der Waals surface area contributed by atoms with Gasteiger partial charge in [-0.2, -0.15) is 0 Å². The lowest BCUT2D eigenvalue weighted by atomic mass is 9.78. The van der Waals surface area contributed by atoms with Crippen molar-refractivity contribution in [2.45, 2.75) is 51.9 Å². The van der Waals surface area contributed by atoms with Crippen LogP contribution < -0.4 is 4.74 Å². The summed E-state index contributed by atoms with van der Waals surface area (Å²) in [6.45, 7) is 5.02. The molecule has 1 fully saturated rings. The van der Waals surface area contributed by atoms with Gasteiger partial charge in [-0.15, -0.1) is 0 Å². The molecule has 3 aromatic carbocycles. The highest BCUT2D eigenvalue weighted by atomic mass is 16.5. The summed E-state index contributed by atoms with van der Waals surface area (Å²) < 4.78 is 5.52. The van der Waals surface area contributed by atoms with Gasteiger partial charge < -0.3 is 4.74 Å². The van der Waals surface area contributed by atoms with Crippen LogP contribution in [0.1, 0.15) is 68.6 Å². The summed E-state index contributed by atoms with van der Waals surface area (Å²) in [6.07, 6.45) is 6.78. The molecule has 0 aromatic heterocycles. The molecule has 0 unspecified atom stereocenters. The molecule has 1 saturated carbocycles. The molecule has 0 N–H and O–H groups in total. The predicted molar refractivity (Wildman–Crippen MR) is 130 cm³/mol. The van der Waals surface area contributed by atoms with E-state index in [1.165, 1.54) is 48.8 Å². The predicted octanol–water partition coefficient (Wildman–Crippen LogP) is 7.84. The zero-order chi connectivity index (χ0) is 21.5. The van der Waals surface area contributed by atoms with E-state index in [4.69, 9.17) is 4.74 Å². The maximum Gasteiger partial charge on any atom is 0.119 e. The van der Waals surface area contributed by atoms with E-state index in [1.54, 1.807) is 0 Å². The van der Waals surface area contributed by atoms with Crippen molar-refractivity contribution in [3.63, 3.8) is 0 Å². The van der Waals surface area contributed by atoms with Crippen molar-refractivity contribution >= 4 is 0 Å². The molecular weight excluding hydrogens is 376 g/mol. The molecule has 0 aliphatic heterocycles. The molecule has 3 aromatic rings. The minimum atomic E-state index is 0.690. The van der Waals surface area contributed by atoms with E-state index in [2.05, 4.69) is 79.4 Å². The number of hydrogen-bond acceptors (Lipinski definition) is 1. The van der Waals surface area contributed by atoms with Crippen LogP contribution in [-0.2, 0) is 0 Å². The first-order valence-electron chi connectivity index (χ1n) is 11.7. The minimum absolute atomic E-state index is 0.690. The molecule has 1 heteroatoms. The number of benzene rings is 3. The van der Waals surface area contributed by atoms with Crippen LogP contribution in [0, 0.1) is 17.8 Å². The average Bonchev–Trinajstić information content (AvgIpc) is 2.84. The Hall–Kier alpha value is -2.98. The normalized spacial score (nSPS) is 18.1. The molecule has 0 radical (unpaired) electrons. The van der Waals surface area contributed by atoms with E-state index in [0.717, 1.165) is 28.7 Å². The minimum Gasteiger partial charge on any atom is -0.494 e. The lowest BCUT2D eigenvalue weighted by molar-refractivity contribution is 0.319. The van der Waals surface area contributed by atoms with Crippen molar-refractivity contribution in [2.24, 2.45) is 5.92 Å². The largest absolute Gasteiger partial charge is 0.494 e. The Labute approximate surface area is 187 Å². The fraction of sp³-hybridized carbons (Fsp3) is 0.333. The van der Waals surface area contributed by atoms with E-state index in [-0.39, 0.29) is 0 Å². The van der Waals surface area contributed by atoms with Crippen LogP contribution in [0.4, 0.5) is 0 Å². The summed E-state index contributed by atoms with van der Waals surface area (Å²) in [5.41, 5.74) is 5.99. The van der Waals surface area contributed by atoms with Gasteiger partial charge in [0.2, 0.25) is 0 Å². The maximum atomic E-state index is 5.52. The summed E-state index contributed by atoms with van der Waals surface area (Å²) >= 11 is 0. The third-order valence-corrected chi connectivity index (χ3v) is 6.54. The molecule has 0 heterocycles. The molecule has 0 amide bonds. The van der Waals surface area contributed by atoms with Gasteiger partial charge in [-0.25, -0.2) is 0 Å². The second-order valence-electron chi connectivity index (χ2n) is 8.53. The van der Waals surface area contributed by atoms with E-state index < -0.39 is 0 Å². The maximum absolute atomic E-state index is 5.52. The van der Waals surface area contributed by atoms with E-state index in [1.807, 2.05) is 19.1 Å². The van der Waals surface area contributed by atoms with Gasteiger partial charge in [0.15, 0.2) is 0 Å². The van der Waals surface area contributed by atoms with Gasteiger partial charge in [0.05, 0.1) is 6.61 Å². The van der Waals surface area contributed by atoms with Crippen LogP contribution in [-0.4, -0.2) is 6.61 Å². The Morgan fingerprint density at radius 1 is 0.677 bits per heavy atom. The van der Waals surface area contributed by atoms with E-state index >= 15 is 0 Å². The quantitative estimate of drug-likeness (QED) is 0.391. The van der Waals surface area contributed by atoms with E-state index in [9.17, 15) is 0 Å². The van der Waals surface area contributed by atoms with Crippen molar-refractivity contribution in [2.75, 3.05) is 6.61 Å². The average molecular weight is 409 g/mol. The molecule has 0 spiro atoms. The van der Waals surface area contributed by atoms with Gasteiger partial charge in [-0.1, -0.05) is 61.6 Å². The Balaban J connectivity index is 1.38. The Morgan fingerprint density at radius 2 is 1.19 bits per heavy atom. The third kappa shape index (κ3) is 5.59. The zero-order valence-electron chi connectivity index (χ0n) is 18.7. The highest BCUT2D eigenvalue weighted by molar-refractivity contribution is 5.65. The van der Waals surface area contributed by atoms with Crippen LogP contribution in [0.25, 0.3) is 11.1 Å². The third-order valence-electron chi connectivity index (χ3n) is 6.54. The SMILES string of the molecule is CCOc1ccc(-c2ccc(C#Cc3ccc(C4CCC(CC)CC4)cc3)cc2)cc1. The molecule has 4 rings (SSSR count). The monoisotopic (exact) mass is 408 g/mol. The van der Waals surface area contributed by atoms with Gasteiger partial charge >= 0.3 is 0 Å². The highest BCUT2D eigenvalue weighted by Crippen LogP contribution is 2.36. The molecule has 0 atom stereocenters. The fourth-order valence-electron chi connectivity index (χ4n) is 4.54. The van der Waals surface area contributed by atoms with Gasteiger partial charge in [-0.3, -0.25) is 0 Å². The smallest absolute Gasteiger partial charge is 0.119 e. The molecule has 1 aliphatic rings. The van der Waals surface area contributed by atoms with Gasteiger partial charge in [0.1, 0.15) is 5.75 Å². The van der Waals surface area contributed by atoms with Crippen molar-refractivity contribution in [1.29, 1.82) is 0 Å². The Bertz CT molecular complexity index is 1010. The second-order valence-corrected chi connectivity index (χ2v) is 8.53. The summed E-state index contributed by atoms with van der Waals surface area (Å²) in [6, 6.07) is 25.6. The Kier molecular flexibility index (Phi) is 7.11. The summed E-state index contributed by atoms with van der Waals surface area (Å²) in [4.78, 5) is 0. The number of hydrogen-bond donors (Lipinski definition) is 0.